The number of fused-ring (bicyclic) bond motifs is 1. The minimum atomic E-state index is -3.46. The average Bonchev–Trinajstić information content (AvgIpc) is 2.79. The topological polar surface area (TPSA) is 79.2 Å². The van der Waals surface area contributed by atoms with E-state index in [-0.39, 0.29) is 4.90 Å². The quantitative estimate of drug-likeness (QED) is 0.824. The van der Waals surface area contributed by atoms with Crippen molar-refractivity contribution < 1.29 is 8.42 Å². The smallest absolute Gasteiger partial charge is 0.244 e. The van der Waals surface area contributed by atoms with Crippen LogP contribution in [0.4, 0.5) is 5.69 Å². The molecule has 19 heavy (non-hydrogen) atoms. The van der Waals surface area contributed by atoms with E-state index >= 15 is 0 Å². The minimum Gasteiger partial charge on any atom is -0.399 e. The van der Waals surface area contributed by atoms with Crippen molar-refractivity contribution in [3.63, 3.8) is 0 Å². The Morgan fingerprint density at radius 2 is 2.11 bits per heavy atom. The largest absolute Gasteiger partial charge is 0.399 e. The molecule has 0 aliphatic heterocycles. The summed E-state index contributed by atoms with van der Waals surface area (Å²) in [6.45, 7) is 2.56. The molecular formula is C13H19N3O2S. The average molecular weight is 281 g/mol. The molecule has 0 amide bonds. The van der Waals surface area contributed by atoms with Crippen LogP contribution in [0.25, 0.3) is 10.9 Å². The highest BCUT2D eigenvalue weighted by Crippen LogP contribution is 2.26. The van der Waals surface area contributed by atoms with Crippen molar-refractivity contribution in [2.45, 2.75) is 24.7 Å². The highest BCUT2D eigenvalue weighted by atomic mass is 32.2. The number of nitrogen functional groups attached to an aromatic ring is 1. The standard InChI is InChI=1S/C13H19N3O2S/c1-3-4-7-16(2)19(17,18)13-9-15-12-6-5-10(14)8-11(12)13/h5-6,8-9,15H,3-4,7,14H2,1-2H3. The fourth-order valence-corrected chi connectivity index (χ4v) is 3.35. The Hall–Kier alpha value is -1.53. The van der Waals surface area contributed by atoms with E-state index in [0.29, 0.717) is 17.6 Å². The van der Waals surface area contributed by atoms with Gasteiger partial charge < -0.3 is 10.7 Å². The number of nitrogens with one attached hydrogen (secondary N) is 1. The van der Waals surface area contributed by atoms with E-state index in [1.807, 2.05) is 6.92 Å². The molecule has 5 nitrogen and oxygen atoms in total. The highest BCUT2D eigenvalue weighted by molar-refractivity contribution is 7.89. The van der Waals surface area contributed by atoms with Gasteiger partial charge in [0.05, 0.1) is 0 Å². The summed E-state index contributed by atoms with van der Waals surface area (Å²) in [5.74, 6) is 0. The number of nitrogens with zero attached hydrogens (tertiary/aromatic N) is 1. The molecule has 0 fully saturated rings. The first-order valence-corrected chi connectivity index (χ1v) is 7.73. The molecule has 0 spiro atoms. The second kappa shape index (κ2) is 5.22. The third kappa shape index (κ3) is 2.59. The third-order valence-corrected chi connectivity index (χ3v) is 5.08. The predicted octanol–water partition coefficient (Wildman–Crippen LogP) is 2.17. The zero-order chi connectivity index (χ0) is 14.0. The van der Waals surface area contributed by atoms with Crippen molar-refractivity contribution in [1.82, 2.24) is 9.29 Å². The van der Waals surface area contributed by atoms with Crippen LogP contribution in [0.1, 0.15) is 19.8 Å². The van der Waals surface area contributed by atoms with Gasteiger partial charge in [0.1, 0.15) is 4.90 Å². The molecule has 2 rings (SSSR count). The van der Waals surface area contributed by atoms with Gasteiger partial charge in [0, 0.05) is 36.4 Å². The van der Waals surface area contributed by atoms with Gasteiger partial charge in [0.25, 0.3) is 0 Å². The molecule has 0 bridgehead atoms. The number of sulfonamides is 1. The summed E-state index contributed by atoms with van der Waals surface area (Å²) in [5.41, 5.74) is 7.06. The maximum absolute atomic E-state index is 12.5. The zero-order valence-corrected chi connectivity index (χ0v) is 12.0. The summed E-state index contributed by atoms with van der Waals surface area (Å²) >= 11 is 0. The molecule has 2 aromatic rings. The fraction of sp³-hybridized carbons (Fsp3) is 0.385. The maximum atomic E-state index is 12.5. The van der Waals surface area contributed by atoms with Gasteiger partial charge in [-0.25, -0.2) is 12.7 Å². The number of hydrogen-bond acceptors (Lipinski definition) is 3. The van der Waals surface area contributed by atoms with Crippen molar-refractivity contribution in [3.8, 4) is 0 Å². The number of anilines is 1. The van der Waals surface area contributed by atoms with Gasteiger partial charge in [-0.2, -0.15) is 0 Å². The lowest BCUT2D eigenvalue weighted by Crippen LogP contribution is -2.27. The number of unbranched alkanes of at least 4 members (excludes halogenated alkanes) is 1. The Kier molecular flexibility index (Phi) is 3.82. The van der Waals surface area contributed by atoms with Gasteiger partial charge in [0.2, 0.25) is 10.0 Å². The number of H-pyrrole nitrogens is 1. The van der Waals surface area contributed by atoms with Crippen LogP contribution < -0.4 is 5.73 Å². The molecule has 0 saturated heterocycles. The molecular weight excluding hydrogens is 262 g/mol. The number of aromatic nitrogens is 1. The lowest BCUT2D eigenvalue weighted by Gasteiger charge is -2.16. The number of rotatable bonds is 5. The van der Waals surface area contributed by atoms with Crippen molar-refractivity contribution >= 4 is 26.6 Å². The Labute approximate surface area is 113 Å². The van der Waals surface area contributed by atoms with Crippen molar-refractivity contribution in [1.29, 1.82) is 0 Å². The van der Waals surface area contributed by atoms with Crippen LogP contribution >= 0.6 is 0 Å². The fourth-order valence-electron chi connectivity index (χ4n) is 1.99. The second-order valence-corrected chi connectivity index (χ2v) is 6.65. The molecule has 6 heteroatoms. The minimum absolute atomic E-state index is 0.286. The van der Waals surface area contributed by atoms with Crippen LogP contribution in [0.3, 0.4) is 0 Å². The number of hydrogen-bond donors (Lipinski definition) is 2. The van der Waals surface area contributed by atoms with Gasteiger partial charge in [-0.15, -0.1) is 0 Å². The van der Waals surface area contributed by atoms with E-state index in [0.717, 1.165) is 18.4 Å². The van der Waals surface area contributed by atoms with E-state index in [1.54, 1.807) is 25.2 Å². The van der Waals surface area contributed by atoms with Crippen molar-refractivity contribution in [2.75, 3.05) is 19.3 Å². The molecule has 0 aliphatic rings. The van der Waals surface area contributed by atoms with E-state index in [2.05, 4.69) is 4.98 Å². The lowest BCUT2D eigenvalue weighted by molar-refractivity contribution is 0.460. The summed E-state index contributed by atoms with van der Waals surface area (Å²) in [5, 5.41) is 0.642. The number of nitrogens with two attached hydrogens (primary N) is 1. The summed E-state index contributed by atoms with van der Waals surface area (Å²) < 4.78 is 26.4. The van der Waals surface area contributed by atoms with Crippen LogP contribution in [-0.2, 0) is 10.0 Å². The van der Waals surface area contributed by atoms with Crippen LogP contribution in [0.5, 0.6) is 0 Å². The number of aromatic amines is 1. The molecule has 0 radical (unpaired) electrons. The Morgan fingerprint density at radius 1 is 1.37 bits per heavy atom. The Balaban J connectivity index is 2.45. The summed E-state index contributed by atoms with van der Waals surface area (Å²) in [7, 11) is -1.86. The zero-order valence-electron chi connectivity index (χ0n) is 11.2. The van der Waals surface area contributed by atoms with Crippen molar-refractivity contribution in [3.05, 3.63) is 24.4 Å². The summed E-state index contributed by atoms with van der Waals surface area (Å²) in [6, 6.07) is 5.22. The third-order valence-electron chi connectivity index (χ3n) is 3.18. The van der Waals surface area contributed by atoms with Gasteiger partial charge in [-0.05, 0) is 24.6 Å². The van der Waals surface area contributed by atoms with Crippen LogP contribution in [0, 0.1) is 0 Å². The molecule has 1 aromatic carbocycles. The van der Waals surface area contributed by atoms with Gasteiger partial charge in [0.15, 0.2) is 0 Å². The number of benzene rings is 1. The summed E-state index contributed by atoms with van der Waals surface area (Å²) in [6.07, 6.45) is 3.34. The first-order chi connectivity index (χ1) is 8.96. The highest BCUT2D eigenvalue weighted by Gasteiger charge is 2.23. The van der Waals surface area contributed by atoms with Gasteiger partial charge >= 0.3 is 0 Å². The first-order valence-electron chi connectivity index (χ1n) is 6.29. The maximum Gasteiger partial charge on any atom is 0.244 e. The lowest BCUT2D eigenvalue weighted by atomic mass is 10.2. The predicted molar refractivity (Wildman–Crippen MR) is 77.4 cm³/mol. The molecule has 1 aromatic heterocycles. The van der Waals surface area contributed by atoms with E-state index in [9.17, 15) is 8.42 Å². The van der Waals surface area contributed by atoms with Crippen LogP contribution in [0.2, 0.25) is 0 Å². The Bertz CT molecular complexity index is 676. The monoisotopic (exact) mass is 281 g/mol. The van der Waals surface area contributed by atoms with Crippen molar-refractivity contribution in [2.24, 2.45) is 0 Å². The molecule has 3 N–H and O–H groups in total. The second-order valence-electron chi connectivity index (χ2n) is 4.64. The van der Waals surface area contributed by atoms with E-state index < -0.39 is 10.0 Å². The molecule has 0 unspecified atom stereocenters. The van der Waals surface area contributed by atoms with Gasteiger partial charge in [-0.3, -0.25) is 0 Å². The molecule has 104 valence electrons. The van der Waals surface area contributed by atoms with Crippen LogP contribution in [-0.4, -0.2) is 31.3 Å². The normalized spacial score (nSPS) is 12.4. The van der Waals surface area contributed by atoms with Crippen LogP contribution in [0.15, 0.2) is 29.3 Å². The first kappa shape index (κ1) is 13.9. The SMILES string of the molecule is CCCCN(C)S(=O)(=O)c1c[nH]c2ccc(N)cc12. The Morgan fingerprint density at radius 3 is 2.79 bits per heavy atom. The van der Waals surface area contributed by atoms with E-state index in [4.69, 9.17) is 5.73 Å². The molecule has 1 heterocycles. The summed E-state index contributed by atoms with van der Waals surface area (Å²) in [4.78, 5) is 3.26. The molecule has 0 aliphatic carbocycles. The van der Waals surface area contributed by atoms with E-state index in [1.165, 1.54) is 10.5 Å². The van der Waals surface area contributed by atoms with Gasteiger partial charge in [-0.1, -0.05) is 13.3 Å². The molecule has 0 saturated carbocycles. The molecule has 0 atom stereocenters.